The van der Waals surface area contributed by atoms with Crippen molar-refractivity contribution in [2.75, 3.05) is 13.2 Å². The molecular weight excluding hydrogens is 325 g/mol. The van der Waals surface area contributed by atoms with Crippen molar-refractivity contribution in [1.29, 1.82) is 0 Å². The highest BCUT2D eigenvalue weighted by Crippen LogP contribution is 2.28. The van der Waals surface area contributed by atoms with Crippen molar-refractivity contribution in [2.45, 2.75) is 12.8 Å². The van der Waals surface area contributed by atoms with Gasteiger partial charge >= 0.3 is 0 Å². The third-order valence-corrected chi connectivity index (χ3v) is 3.92. The lowest BCUT2D eigenvalue weighted by Crippen LogP contribution is -2.29. The zero-order valence-corrected chi connectivity index (χ0v) is 13.4. The van der Waals surface area contributed by atoms with Gasteiger partial charge in [0, 0.05) is 17.5 Å². The van der Waals surface area contributed by atoms with Gasteiger partial charge in [-0.15, -0.1) is 15.3 Å². The van der Waals surface area contributed by atoms with Crippen LogP contribution in [0.1, 0.15) is 12.8 Å². The summed E-state index contributed by atoms with van der Waals surface area (Å²) in [4.78, 5) is 11.6. The molecule has 2 heterocycles. The Morgan fingerprint density at radius 2 is 2.16 bits per heavy atom. The van der Waals surface area contributed by atoms with E-state index in [0.717, 1.165) is 12.8 Å². The molecule has 0 bridgehead atoms. The first-order valence-electron chi connectivity index (χ1n) is 8.09. The van der Waals surface area contributed by atoms with E-state index in [9.17, 15) is 9.18 Å². The second-order valence-electron chi connectivity index (χ2n) is 5.89. The number of ether oxygens (including phenoxy) is 1. The fourth-order valence-corrected chi connectivity index (χ4v) is 2.48. The average Bonchev–Trinajstić information content (AvgIpc) is 3.38. The molecule has 8 heteroatoms. The Kier molecular flexibility index (Phi) is 4.01. The maximum Gasteiger partial charge on any atom is 0.231 e. The van der Waals surface area contributed by atoms with Gasteiger partial charge in [-0.2, -0.15) is 4.52 Å². The SMILES string of the molecule is O=C(NCCOc1ccc2nnc(-c3cccc(F)c3)n2n1)C1CC1. The van der Waals surface area contributed by atoms with Gasteiger partial charge in [0.25, 0.3) is 0 Å². The number of nitrogens with zero attached hydrogens (tertiary/aromatic N) is 4. The van der Waals surface area contributed by atoms with Crippen molar-refractivity contribution >= 4 is 11.6 Å². The maximum atomic E-state index is 13.4. The number of halogens is 1. The first-order valence-corrected chi connectivity index (χ1v) is 8.09. The molecule has 1 fully saturated rings. The van der Waals surface area contributed by atoms with Crippen LogP contribution in [0.15, 0.2) is 36.4 Å². The summed E-state index contributed by atoms with van der Waals surface area (Å²) in [7, 11) is 0. The summed E-state index contributed by atoms with van der Waals surface area (Å²) in [6.07, 6.45) is 1.95. The molecular formula is C17H16FN5O2. The van der Waals surface area contributed by atoms with E-state index in [-0.39, 0.29) is 17.6 Å². The van der Waals surface area contributed by atoms with Crippen molar-refractivity contribution in [2.24, 2.45) is 5.92 Å². The minimum absolute atomic E-state index is 0.0826. The Labute approximate surface area is 142 Å². The van der Waals surface area contributed by atoms with Gasteiger partial charge in [0.2, 0.25) is 11.8 Å². The maximum absolute atomic E-state index is 13.4. The van der Waals surface area contributed by atoms with Crippen molar-refractivity contribution in [3.05, 3.63) is 42.2 Å². The molecule has 25 heavy (non-hydrogen) atoms. The summed E-state index contributed by atoms with van der Waals surface area (Å²) in [6, 6.07) is 9.49. The molecule has 1 aliphatic rings. The number of nitrogens with one attached hydrogen (secondary N) is 1. The number of carbonyl (C=O) groups excluding carboxylic acids is 1. The van der Waals surface area contributed by atoms with E-state index in [4.69, 9.17) is 4.74 Å². The first kappa shape index (κ1) is 15.5. The number of amides is 1. The number of fused-ring (bicyclic) bond motifs is 1. The van der Waals surface area contributed by atoms with Gasteiger partial charge in [-0.25, -0.2) is 4.39 Å². The van der Waals surface area contributed by atoms with Crippen LogP contribution in [0.3, 0.4) is 0 Å². The van der Waals surface area contributed by atoms with Crippen molar-refractivity contribution in [3.63, 3.8) is 0 Å². The van der Waals surface area contributed by atoms with E-state index >= 15 is 0 Å². The molecule has 0 radical (unpaired) electrons. The predicted molar refractivity (Wildman–Crippen MR) is 87.4 cm³/mol. The van der Waals surface area contributed by atoms with Crippen molar-refractivity contribution in [1.82, 2.24) is 25.1 Å². The molecule has 2 aromatic heterocycles. The minimum Gasteiger partial charge on any atom is -0.475 e. The molecule has 1 amide bonds. The third kappa shape index (κ3) is 3.42. The van der Waals surface area contributed by atoms with Crippen LogP contribution in [-0.4, -0.2) is 38.9 Å². The second-order valence-corrected chi connectivity index (χ2v) is 5.89. The van der Waals surface area contributed by atoms with Crippen LogP contribution in [-0.2, 0) is 4.79 Å². The number of hydrogen-bond donors (Lipinski definition) is 1. The fourth-order valence-electron chi connectivity index (χ4n) is 2.48. The average molecular weight is 341 g/mol. The molecule has 7 nitrogen and oxygen atoms in total. The van der Waals surface area contributed by atoms with Gasteiger partial charge in [-0.05, 0) is 31.0 Å². The smallest absolute Gasteiger partial charge is 0.231 e. The quantitative estimate of drug-likeness (QED) is 0.692. The van der Waals surface area contributed by atoms with Crippen LogP contribution in [0, 0.1) is 11.7 Å². The lowest BCUT2D eigenvalue weighted by Gasteiger charge is -2.07. The Hall–Kier alpha value is -3.03. The Balaban J connectivity index is 1.47. The van der Waals surface area contributed by atoms with E-state index in [1.54, 1.807) is 24.3 Å². The number of benzene rings is 1. The Morgan fingerprint density at radius 1 is 1.28 bits per heavy atom. The number of hydrogen-bond acceptors (Lipinski definition) is 5. The molecule has 4 rings (SSSR count). The van der Waals surface area contributed by atoms with Crippen LogP contribution in [0.5, 0.6) is 5.88 Å². The van der Waals surface area contributed by atoms with Gasteiger partial charge in [0.05, 0.1) is 6.54 Å². The minimum atomic E-state index is -0.354. The Morgan fingerprint density at radius 3 is 2.96 bits per heavy atom. The summed E-state index contributed by atoms with van der Waals surface area (Å²) in [5, 5.41) is 15.3. The van der Waals surface area contributed by atoms with E-state index < -0.39 is 0 Å². The molecule has 1 aromatic carbocycles. The van der Waals surface area contributed by atoms with Gasteiger partial charge < -0.3 is 10.1 Å². The van der Waals surface area contributed by atoms with Gasteiger partial charge in [-0.3, -0.25) is 4.79 Å². The largest absolute Gasteiger partial charge is 0.475 e. The molecule has 0 spiro atoms. The van der Waals surface area contributed by atoms with Crippen molar-refractivity contribution < 1.29 is 13.9 Å². The number of carbonyl (C=O) groups is 1. The zero-order valence-electron chi connectivity index (χ0n) is 13.4. The molecule has 0 aliphatic heterocycles. The molecule has 1 aliphatic carbocycles. The molecule has 0 unspecified atom stereocenters. The summed E-state index contributed by atoms with van der Waals surface area (Å²) in [5.74, 6) is 0.722. The summed E-state index contributed by atoms with van der Waals surface area (Å²) >= 11 is 0. The van der Waals surface area contributed by atoms with E-state index in [0.29, 0.717) is 36.1 Å². The topological polar surface area (TPSA) is 81.4 Å². The summed E-state index contributed by atoms with van der Waals surface area (Å²) in [5.41, 5.74) is 1.11. The van der Waals surface area contributed by atoms with Gasteiger partial charge in [0.1, 0.15) is 12.4 Å². The number of aromatic nitrogens is 4. The molecule has 1 N–H and O–H groups in total. The Bertz CT molecular complexity index is 922. The van der Waals surface area contributed by atoms with Crippen molar-refractivity contribution in [3.8, 4) is 17.3 Å². The highest BCUT2D eigenvalue weighted by atomic mass is 19.1. The fraction of sp³-hybridized carbons (Fsp3) is 0.294. The van der Waals surface area contributed by atoms with E-state index in [2.05, 4.69) is 20.6 Å². The highest BCUT2D eigenvalue weighted by Gasteiger charge is 2.29. The standard InChI is InChI=1S/C17H16FN5O2/c18-13-3-1-2-12(10-13)16-21-20-14-6-7-15(22-23(14)16)25-9-8-19-17(24)11-4-5-11/h1-3,6-7,10-11H,4-5,8-9H2,(H,19,24). The zero-order chi connectivity index (χ0) is 17.2. The van der Waals surface area contributed by atoms with Crippen LogP contribution < -0.4 is 10.1 Å². The van der Waals surface area contributed by atoms with Gasteiger partial charge in [-0.1, -0.05) is 12.1 Å². The predicted octanol–water partition coefficient (Wildman–Crippen LogP) is 1.84. The molecule has 1 saturated carbocycles. The van der Waals surface area contributed by atoms with E-state index in [1.807, 2.05) is 0 Å². The van der Waals surface area contributed by atoms with Crippen LogP contribution in [0.4, 0.5) is 4.39 Å². The highest BCUT2D eigenvalue weighted by molar-refractivity contribution is 5.80. The first-order chi connectivity index (χ1) is 12.2. The van der Waals surface area contributed by atoms with Crippen LogP contribution >= 0.6 is 0 Å². The van der Waals surface area contributed by atoms with E-state index in [1.165, 1.54) is 16.6 Å². The lowest BCUT2D eigenvalue weighted by atomic mass is 10.2. The summed E-state index contributed by atoms with van der Waals surface area (Å²) in [6.45, 7) is 0.738. The van der Waals surface area contributed by atoms with Gasteiger partial charge in [0.15, 0.2) is 11.5 Å². The monoisotopic (exact) mass is 341 g/mol. The third-order valence-electron chi connectivity index (χ3n) is 3.92. The number of rotatable bonds is 6. The molecule has 0 saturated heterocycles. The van der Waals surface area contributed by atoms with Crippen LogP contribution in [0.25, 0.3) is 17.0 Å². The molecule has 0 atom stereocenters. The second kappa shape index (κ2) is 6.46. The normalized spacial score (nSPS) is 13.8. The molecule has 128 valence electrons. The van der Waals surface area contributed by atoms with Crippen LogP contribution in [0.2, 0.25) is 0 Å². The summed E-state index contributed by atoms with van der Waals surface area (Å²) < 4.78 is 20.5. The lowest BCUT2D eigenvalue weighted by molar-refractivity contribution is -0.122. The molecule has 3 aromatic rings.